The van der Waals surface area contributed by atoms with Crippen LogP contribution in [0.1, 0.15) is 12.7 Å². The summed E-state index contributed by atoms with van der Waals surface area (Å²) in [5, 5.41) is 3.80. The van der Waals surface area contributed by atoms with Crippen LogP contribution in [0.15, 0.2) is 22.7 Å². The molecular weight excluding hydrogens is 220 g/mol. The fourth-order valence-corrected chi connectivity index (χ4v) is 1.42. The van der Waals surface area contributed by atoms with Crippen LogP contribution in [0.4, 0.5) is 11.4 Å². The van der Waals surface area contributed by atoms with Gasteiger partial charge in [-0.3, -0.25) is 0 Å². The first-order chi connectivity index (χ1) is 8.19. The number of nitrogens with zero attached hydrogens (tertiary/aromatic N) is 2. The van der Waals surface area contributed by atoms with Gasteiger partial charge in [-0.05, 0) is 25.1 Å². The zero-order valence-corrected chi connectivity index (χ0v) is 9.51. The first-order valence-corrected chi connectivity index (χ1v) is 5.25. The number of benzene rings is 1. The quantitative estimate of drug-likeness (QED) is 0.776. The van der Waals surface area contributed by atoms with E-state index in [9.17, 15) is 0 Å². The Labute approximate surface area is 98.6 Å². The van der Waals surface area contributed by atoms with Gasteiger partial charge in [-0.2, -0.15) is 4.98 Å². The number of nitrogens with two attached hydrogens (primary N) is 2. The van der Waals surface area contributed by atoms with Gasteiger partial charge in [-0.1, -0.05) is 5.16 Å². The summed E-state index contributed by atoms with van der Waals surface area (Å²) in [6, 6.07) is 5.13. The fraction of sp³-hybridized carbons (Fsp3) is 0.273. The minimum absolute atomic E-state index is 0.331. The molecule has 0 saturated carbocycles. The van der Waals surface area contributed by atoms with Gasteiger partial charge in [0.1, 0.15) is 6.61 Å². The van der Waals surface area contributed by atoms with Crippen molar-refractivity contribution in [1.82, 2.24) is 10.1 Å². The van der Waals surface area contributed by atoms with Crippen LogP contribution >= 0.6 is 0 Å². The fourth-order valence-electron chi connectivity index (χ4n) is 1.42. The van der Waals surface area contributed by atoms with Crippen molar-refractivity contribution in [2.24, 2.45) is 0 Å². The number of nitrogen functional groups attached to an aromatic ring is 2. The monoisotopic (exact) mass is 234 g/mol. The lowest BCUT2D eigenvalue weighted by atomic mass is 10.2. The molecule has 0 fully saturated rings. The smallest absolute Gasteiger partial charge is 0.258 e. The van der Waals surface area contributed by atoms with Crippen molar-refractivity contribution in [1.29, 1.82) is 0 Å². The first-order valence-electron chi connectivity index (χ1n) is 5.25. The van der Waals surface area contributed by atoms with Crippen LogP contribution in [0.5, 0.6) is 0 Å². The lowest BCUT2D eigenvalue weighted by molar-refractivity contribution is 0.126. The lowest BCUT2D eigenvalue weighted by Gasteiger charge is -1.99. The highest BCUT2D eigenvalue weighted by atomic mass is 16.5. The molecule has 0 bridgehead atoms. The Bertz CT molecular complexity index is 490. The Kier molecular flexibility index (Phi) is 3.24. The van der Waals surface area contributed by atoms with Gasteiger partial charge in [0.15, 0.2) is 5.82 Å². The SMILES string of the molecule is CCOCc1noc(-c2cc(N)cc(N)c2)n1. The van der Waals surface area contributed by atoms with Gasteiger partial charge in [-0.25, -0.2) is 0 Å². The van der Waals surface area contributed by atoms with Crippen LogP contribution in [0.25, 0.3) is 11.5 Å². The normalized spacial score (nSPS) is 10.6. The maximum absolute atomic E-state index is 5.69. The van der Waals surface area contributed by atoms with Gasteiger partial charge in [0, 0.05) is 23.5 Å². The molecule has 90 valence electrons. The predicted octanol–water partition coefficient (Wildman–Crippen LogP) is 1.44. The summed E-state index contributed by atoms with van der Waals surface area (Å²) in [4.78, 5) is 4.19. The third-order valence-corrected chi connectivity index (χ3v) is 2.13. The zero-order valence-electron chi connectivity index (χ0n) is 9.51. The molecule has 0 aliphatic carbocycles. The van der Waals surface area contributed by atoms with Gasteiger partial charge in [-0.15, -0.1) is 0 Å². The molecule has 0 unspecified atom stereocenters. The van der Waals surface area contributed by atoms with Crippen LogP contribution in [-0.4, -0.2) is 16.7 Å². The predicted molar refractivity (Wildman–Crippen MR) is 63.9 cm³/mol. The van der Waals surface area contributed by atoms with Crippen molar-refractivity contribution in [3.8, 4) is 11.5 Å². The number of hydrogen-bond acceptors (Lipinski definition) is 6. The summed E-state index contributed by atoms with van der Waals surface area (Å²) < 4.78 is 10.3. The number of ether oxygens (including phenoxy) is 1. The molecule has 2 aromatic rings. The number of aromatic nitrogens is 2. The van der Waals surface area contributed by atoms with E-state index in [1.165, 1.54) is 0 Å². The highest BCUT2D eigenvalue weighted by Gasteiger charge is 2.09. The molecule has 0 aliphatic rings. The van der Waals surface area contributed by atoms with Gasteiger partial charge in [0.05, 0.1) is 0 Å². The van der Waals surface area contributed by atoms with E-state index in [4.69, 9.17) is 20.7 Å². The molecule has 1 aromatic carbocycles. The van der Waals surface area contributed by atoms with Crippen molar-refractivity contribution < 1.29 is 9.26 Å². The van der Waals surface area contributed by atoms with Crippen molar-refractivity contribution in [2.45, 2.75) is 13.5 Å². The molecular formula is C11H14N4O2. The van der Waals surface area contributed by atoms with Crippen molar-refractivity contribution in [3.05, 3.63) is 24.0 Å². The summed E-state index contributed by atoms with van der Waals surface area (Å²) in [5.41, 5.74) is 13.2. The van der Waals surface area contributed by atoms with E-state index in [2.05, 4.69) is 10.1 Å². The van der Waals surface area contributed by atoms with Crippen LogP contribution < -0.4 is 11.5 Å². The zero-order chi connectivity index (χ0) is 12.3. The van der Waals surface area contributed by atoms with Gasteiger partial charge in [0.25, 0.3) is 5.89 Å². The van der Waals surface area contributed by atoms with Gasteiger partial charge >= 0.3 is 0 Å². The lowest BCUT2D eigenvalue weighted by Crippen LogP contribution is -1.94. The minimum Gasteiger partial charge on any atom is -0.399 e. The summed E-state index contributed by atoms with van der Waals surface area (Å²) in [6.07, 6.45) is 0. The Morgan fingerprint density at radius 1 is 1.24 bits per heavy atom. The molecule has 6 nitrogen and oxygen atoms in total. The van der Waals surface area contributed by atoms with Gasteiger partial charge < -0.3 is 20.7 Å². The number of anilines is 2. The van der Waals surface area contributed by atoms with Crippen LogP contribution in [0.2, 0.25) is 0 Å². The van der Waals surface area contributed by atoms with Gasteiger partial charge in [0.2, 0.25) is 0 Å². The van der Waals surface area contributed by atoms with Crippen LogP contribution in [0.3, 0.4) is 0 Å². The number of hydrogen-bond donors (Lipinski definition) is 2. The molecule has 6 heteroatoms. The number of rotatable bonds is 4. The second kappa shape index (κ2) is 4.84. The maximum Gasteiger partial charge on any atom is 0.258 e. The standard InChI is InChI=1S/C11H14N4O2/c1-2-16-6-10-14-11(17-15-10)7-3-8(12)5-9(13)4-7/h3-5H,2,6,12-13H2,1H3. The molecule has 1 heterocycles. The van der Waals surface area contributed by atoms with Crippen molar-refractivity contribution >= 4 is 11.4 Å². The summed E-state index contributed by atoms with van der Waals surface area (Å²) in [5.74, 6) is 0.890. The van der Waals surface area contributed by atoms with E-state index in [0.29, 0.717) is 41.9 Å². The second-order valence-corrected chi connectivity index (χ2v) is 3.54. The molecule has 0 saturated heterocycles. The maximum atomic E-state index is 5.69. The average molecular weight is 234 g/mol. The Hall–Kier alpha value is -2.08. The Morgan fingerprint density at radius 3 is 2.59 bits per heavy atom. The van der Waals surface area contributed by atoms with Crippen LogP contribution in [-0.2, 0) is 11.3 Å². The summed E-state index contributed by atoms with van der Waals surface area (Å²) >= 11 is 0. The summed E-state index contributed by atoms with van der Waals surface area (Å²) in [6.45, 7) is 2.84. The molecule has 17 heavy (non-hydrogen) atoms. The topological polar surface area (TPSA) is 100 Å². The van der Waals surface area contributed by atoms with E-state index in [-0.39, 0.29) is 0 Å². The highest BCUT2D eigenvalue weighted by Crippen LogP contribution is 2.23. The Morgan fingerprint density at radius 2 is 1.94 bits per heavy atom. The molecule has 0 radical (unpaired) electrons. The molecule has 0 spiro atoms. The second-order valence-electron chi connectivity index (χ2n) is 3.54. The molecule has 1 aromatic heterocycles. The highest BCUT2D eigenvalue weighted by molar-refractivity contribution is 5.66. The molecule has 4 N–H and O–H groups in total. The third-order valence-electron chi connectivity index (χ3n) is 2.13. The molecule has 0 aliphatic heterocycles. The first kappa shape index (κ1) is 11.4. The van der Waals surface area contributed by atoms with E-state index >= 15 is 0 Å². The van der Waals surface area contributed by atoms with E-state index in [1.54, 1.807) is 18.2 Å². The largest absolute Gasteiger partial charge is 0.399 e. The third kappa shape index (κ3) is 2.73. The Balaban J connectivity index is 2.24. The van der Waals surface area contributed by atoms with Crippen molar-refractivity contribution in [2.75, 3.05) is 18.1 Å². The van der Waals surface area contributed by atoms with Crippen LogP contribution in [0, 0.1) is 0 Å². The van der Waals surface area contributed by atoms with E-state index in [0.717, 1.165) is 0 Å². The van der Waals surface area contributed by atoms with E-state index in [1.807, 2.05) is 6.92 Å². The molecule has 2 rings (SSSR count). The van der Waals surface area contributed by atoms with E-state index < -0.39 is 0 Å². The summed E-state index contributed by atoms with van der Waals surface area (Å²) in [7, 11) is 0. The minimum atomic E-state index is 0.331. The average Bonchev–Trinajstić information content (AvgIpc) is 2.73. The molecule has 0 atom stereocenters. The molecule has 0 amide bonds. The van der Waals surface area contributed by atoms with Crippen molar-refractivity contribution in [3.63, 3.8) is 0 Å².